The van der Waals surface area contributed by atoms with E-state index in [1.54, 1.807) is 18.2 Å². The fraction of sp³-hybridized carbons (Fsp3) is 0.179. The van der Waals surface area contributed by atoms with Crippen LogP contribution in [-0.4, -0.2) is 32.5 Å². The minimum atomic E-state index is -5.95. The SMILES string of the molecule is C/C=C(\OB1N(S(=O)(=O)c2cc(C(F)(F)F)cc(C(F)(F)F)c2)[C@H](c2ccccc2)[C@@H](c2ccccc2)N1S(=O)(=O)c1cc(C(F)(F)F)cc(C(F)(F)F)c1)Sc1ccccc1. The Morgan fingerprint density at radius 2 is 0.839 bits per heavy atom. The first-order chi connectivity index (χ1) is 28.7. The second-order valence-corrected chi connectivity index (χ2v) is 18.1. The van der Waals surface area contributed by atoms with Crippen molar-refractivity contribution >= 4 is 39.0 Å². The van der Waals surface area contributed by atoms with Crippen molar-refractivity contribution < 1.29 is 74.2 Å². The number of thioether (sulfide) groups is 1. The number of nitrogens with zero attached hydrogens (tertiary/aromatic N) is 2. The van der Waals surface area contributed by atoms with Crippen molar-refractivity contribution in [2.75, 3.05) is 0 Å². The Hall–Kier alpha value is -4.97. The van der Waals surface area contributed by atoms with Crippen LogP contribution in [0, 0.1) is 0 Å². The maximum atomic E-state index is 15.1. The number of sulfonamides is 2. The molecule has 1 fully saturated rings. The van der Waals surface area contributed by atoms with Crippen LogP contribution in [0.3, 0.4) is 0 Å². The summed E-state index contributed by atoms with van der Waals surface area (Å²) in [5.74, 6) is 0. The molecule has 0 aromatic heterocycles. The third kappa shape index (κ3) is 9.65. The summed E-state index contributed by atoms with van der Waals surface area (Å²) in [7, 11) is -14.7. The van der Waals surface area contributed by atoms with Gasteiger partial charge in [-0.1, -0.05) is 90.6 Å². The molecular weight excluding hydrogens is 911 g/mol. The van der Waals surface area contributed by atoms with E-state index in [4.69, 9.17) is 4.65 Å². The smallest absolute Gasteiger partial charge is 0.527 e. The van der Waals surface area contributed by atoms with Crippen LogP contribution in [-0.2, 0) is 49.4 Å². The van der Waals surface area contributed by atoms with Crippen LogP contribution < -0.4 is 0 Å². The van der Waals surface area contributed by atoms with Gasteiger partial charge < -0.3 is 4.65 Å². The highest BCUT2D eigenvalue weighted by molar-refractivity contribution is 8.03. The van der Waals surface area contributed by atoms with Gasteiger partial charge in [0.15, 0.2) is 0 Å². The van der Waals surface area contributed by atoms with E-state index in [1.807, 2.05) is 0 Å². The molecule has 1 heterocycles. The molecule has 23 heteroatoms. The summed E-state index contributed by atoms with van der Waals surface area (Å²) < 4.78 is 237. The number of rotatable bonds is 10. The van der Waals surface area contributed by atoms with Crippen molar-refractivity contribution in [2.45, 2.75) is 58.4 Å². The number of hydrogen-bond donors (Lipinski definition) is 0. The largest absolute Gasteiger partial charge is 0.578 e. The van der Waals surface area contributed by atoms with Crippen LogP contribution in [0.4, 0.5) is 52.7 Å². The molecule has 328 valence electrons. The van der Waals surface area contributed by atoms with Gasteiger partial charge in [0.25, 0.3) is 0 Å². The maximum absolute atomic E-state index is 15.1. The van der Waals surface area contributed by atoms with Gasteiger partial charge in [0.2, 0.25) is 20.0 Å². The van der Waals surface area contributed by atoms with Crippen molar-refractivity contribution in [1.29, 1.82) is 0 Å². The monoisotopic (exact) mass is 938 g/mol. The average molecular weight is 939 g/mol. The fourth-order valence-corrected chi connectivity index (χ4v) is 10.8. The molecule has 2 atom stereocenters. The molecule has 0 aliphatic carbocycles. The lowest BCUT2D eigenvalue weighted by atomic mass is 9.95. The molecule has 1 aliphatic heterocycles. The molecule has 7 nitrogen and oxygen atoms in total. The summed E-state index contributed by atoms with van der Waals surface area (Å²) in [6.45, 7) is 1.31. The highest BCUT2D eigenvalue weighted by Crippen LogP contribution is 2.53. The molecule has 0 amide bonds. The zero-order valence-corrected chi connectivity index (χ0v) is 33.6. The van der Waals surface area contributed by atoms with Gasteiger partial charge in [0, 0.05) is 4.90 Å². The van der Waals surface area contributed by atoms with Crippen molar-refractivity contribution in [3.05, 3.63) is 172 Å². The van der Waals surface area contributed by atoms with E-state index in [1.165, 1.54) is 85.8 Å². The quantitative estimate of drug-likeness (QED) is 0.0600. The molecule has 0 N–H and O–H groups in total. The Morgan fingerprint density at radius 3 is 1.13 bits per heavy atom. The number of hydrogen-bond acceptors (Lipinski definition) is 6. The van der Waals surface area contributed by atoms with Gasteiger partial charge >= 0.3 is 31.9 Å². The Labute approximate surface area is 350 Å². The summed E-state index contributed by atoms with van der Waals surface area (Å²) in [6, 6.07) is 15.3. The van der Waals surface area contributed by atoms with Crippen molar-refractivity contribution in [3.8, 4) is 0 Å². The van der Waals surface area contributed by atoms with Gasteiger partial charge in [0.05, 0.1) is 44.1 Å². The minimum absolute atomic E-state index is 0.129. The molecule has 1 saturated heterocycles. The first kappa shape index (κ1) is 46.5. The molecule has 6 rings (SSSR count). The van der Waals surface area contributed by atoms with Crippen LogP contribution >= 0.6 is 11.8 Å². The lowest BCUT2D eigenvalue weighted by Gasteiger charge is -2.29. The zero-order chi connectivity index (χ0) is 45.6. The van der Waals surface area contributed by atoms with Crippen LogP contribution in [0.15, 0.2) is 153 Å². The minimum Gasteiger partial charge on any atom is -0.527 e. The molecule has 5 aromatic carbocycles. The average Bonchev–Trinajstić information content (AvgIpc) is 3.56. The third-order valence-corrected chi connectivity index (χ3v) is 13.9. The maximum Gasteiger partial charge on any atom is 0.578 e. The summed E-state index contributed by atoms with van der Waals surface area (Å²) >= 11 is 0.711. The van der Waals surface area contributed by atoms with E-state index in [2.05, 4.69) is 0 Å². The summed E-state index contributed by atoms with van der Waals surface area (Å²) in [4.78, 5) is -2.99. The molecule has 62 heavy (non-hydrogen) atoms. The normalized spacial score (nSPS) is 17.7. The lowest BCUT2D eigenvalue weighted by molar-refractivity contribution is -0.145. The van der Waals surface area contributed by atoms with Gasteiger partial charge in [-0.2, -0.15) is 61.1 Å². The van der Waals surface area contributed by atoms with E-state index >= 15 is 16.8 Å². The van der Waals surface area contributed by atoms with E-state index in [9.17, 15) is 52.7 Å². The highest BCUT2D eigenvalue weighted by Gasteiger charge is 2.64. The standard InChI is InChI=1S/C39H27BF12N2O5S3/c1-2-33(60-30-16-10-5-11-17-30)59-40-53(61(55,56)31-20-26(36(41,42)43)18-27(21-31)37(44,45)46)34(24-12-6-3-7-13-24)35(25-14-8-4-9-15-25)54(40)62(57,58)32-22-28(38(47,48)49)19-29(23-32)39(50,51)52/h2-23,34-35H,1H3/b33-2+/t34-,35-/m1/s1. The first-order valence-electron chi connectivity index (χ1n) is 17.6. The van der Waals surface area contributed by atoms with Gasteiger partial charge in [-0.15, -0.1) is 0 Å². The summed E-state index contributed by atoms with van der Waals surface area (Å²) in [5, 5.41) is -0.373. The molecule has 0 spiro atoms. The van der Waals surface area contributed by atoms with E-state index < -0.39 is 96.1 Å². The second-order valence-electron chi connectivity index (χ2n) is 13.3. The van der Waals surface area contributed by atoms with Gasteiger partial charge in [-0.3, -0.25) is 0 Å². The summed E-state index contributed by atoms with van der Waals surface area (Å²) in [6.07, 6.45) is -21.2. The molecule has 5 aromatic rings. The van der Waals surface area contributed by atoms with E-state index in [0.717, 1.165) is 0 Å². The van der Waals surface area contributed by atoms with E-state index in [-0.39, 0.29) is 61.0 Å². The predicted molar refractivity (Wildman–Crippen MR) is 202 cm³/mol. The van der Waals surface area contributed by atoms with Crippen molar-refractivity contribution in [3.63, 3.8) is 0 Å². The second kappa shape index (κ2) is 17.0. The molecule has 0 saturated carbocycles. The van der Waals surface area contributed by atoms with Crippen LogP contribution in [0.25, 0.3) is 0 Å². The number of alkyl halides is 12. The molecular formula is C39H27BF12N2O5S3. The number of benzene rings is 5. The fourth-order valence-electron chi connectivity index (χ4n) is 6.52. The molecule has 1 aliphatic rings. The summed E-state index contributed by atoms with van der Waals surface area (Å²) in [5.41, 5.74) is -8.70. The predicted octanol–water partition coefficient (Wildman–Crippen LogP) is 11.6. The van der Waals surface area contributed by atoms with Gasteiger partial charge in [-0.05, 0) is 72.7 Å². The molecule has 0 bridgehead atoms. The number of halogens is 12. The molecule has 0 unspecified atom stereocenters. The van der Waals surface area contributed by atoms with Gasteiger partial charge in [-0.25, -0.2) is 16.8 Å². The third-order valence-electron chi connectivity index (χ3n) is 9.26. The Morgan fingerprint density at radius 1 is 0.532 bits per heavy atom. The molecule has 0 radical (unpaired) electrons. The Kier molecular flexibility index (Phi) is 12.7. The van der Waals surface area contributed by atoms with Gasteiger partial charge in [0.1, 0.15) is 5.09 Å². The van der Waals surface area contributed by atoms with Crippen molar-refractivity contribution in [1.82, 2.24) is 8.43 Å². The van der Waals surface area contributed by atoms with Crippen molar-refractivity contribution in [2.24, 2.45) is 0 Å². The van der Waals surface area contributed by atoms with Crippen LogP contribution in [0.2, 0.25) is 0 Å². The Bertz CT molecular complexity index is 2450. The zero-order valence-electron chi connectivity index (χ0n) is 31.1. The van der Waals surface area contributed by atoms with E-state index in [0.29, 0.717) is 16.7 Å². The lowest BCUT2D eigenvalue weighted by Crippen LogP contribution is -2.51. The topological polar surface area (TPSA) is 84.0 Å². The van der Waals surface area contributed by atoms with Crippen LogP contribution in [0.1, 0.15) is 52.4 Å². The highest BCUT2D eigenvalue weighted by atomic mass is 32.2. The number of allylic oxidation sites excluding steroid dienone is 1. The van der Waals surface area contributed by atoms with Crippen LogP contribution in [0.5, 0.6) is 0 Å². The first-order valence-corrected chi connectivity index (χ1v) is 21.3. The Balaban J connectivity index is 1.75.